The summed E-state index contributed by atoms with van der Waals surface area (Å²) in [6, 6.07) is 9.71. The van der Waals surface area contributed by atoms with Crippen LogP contribution in [0, 0.1) is 5.92 Å². The van der Waals surface area contributed by atoms with Crippen LogP contribution in [0.1, 0.15) is 12.0 Å². The van der Waals surface area contributed by atoms with Gasteiger partial charge in [0.05, 0.1) is 12.2 Å². The van der Waals surface area contributed by atoms with Crippen LogP contribution in [-0.2, 0) is 16.0 Å². The van der Waals surface area contributed by atoms with Crippen LogP contribution in [-0.4, -0.2) is 28.2 Å². The lowest BCUT2D eigenvalue weighted by Gasteiger charge is -2.15. The Hall–Kier alpha value is -2.60. The Morgan fingerprint density at radius 3 is 2.50 bits per heavy atom. The topological polar surface area (TPSA) is 114 Å². The summed E-state index contributed by atoms with van der Waals surface area (Å²) >= 11 is 0. The van der Waals surface area contributed by atoms with Gasteiger partial charge in [-0.25, -0.2) is 0 Å². The molecule has 0 aliphatic rings. The summed E-state index contributed by atoms with van der Waals surface area (Å²) in [5, 5.41) is 18.1. The first-order valence-electron chi connectivity index (χ1n) is 6.81. The molecule has 0 bridgehead atoms. The molecule has 1 aromatic carbocycles. The summed E-state index contributed by atoms with van der Waals surface area (Å²) in [7, 11) is 0. The number of aliphatic carboxylic acids is 2. The van der Waals surface area contributed by atoms with Crippen molar-refractivity contribution in [3.63, 3.8) is 0 Å². The minimum atomic E-state index is -1.20. The van der Waals surface area contributed by atoms with Gasteiger partial charge in [-0.2, -0.15) is 0 Å². The molecule has 0 spiro atoms. The molecule has 2 atom stereocenters. The van der Waals surface area contributed by atoms with Crippen molar-refractivity contribution in [2.45, 2.75) is 18.9 Å². The van der Waals surface area contributed by atoms with Crippen molar-refractivity contribution in [1.82, 2.24) is 0 Å². The number of hydrogen-bond donors (Lipinski definition) is 3. The molecule has 4 N–H and O–H groups in total. The Balaban J connectivity index is 2.15. The van der Waals surface area contributed by atoms with E-state index < -0.39 is 23.9 Å². The monoisotopic (exact) mass is 303 g/mol. The molecule has 0 aliphatic carbocycles. The van der Waals surface area contributed by atoms with Crippen molar-refractivity contribution in [2.75, 3.05) is 0 Å². The maximum atomic E-state index is 11.3. The molecule has 0 unspecified atom stereocenters. The van der Waals surface area contributed by atoms with Crippen LogP contribution >= 0.6 is 0 Å². The first-order chi connectivity index (χ1) is 10.5. The van der Waals surface area contributed by atoms with E-state index in [0.717, 1.165) is 11.1 Å². The Labute approximate surface area is 127 Å². The first-order valence-corrected chi connectivity index (χ1v) is 6.81. The number of benzene rings is 1. The molecule has 2 rings (SSSR count). The Kier molecular flexibility index (Phi) is 4.95. The molecule has 0 amide bonds. The van der Waals surface area contributed by atoms with Crippen molar-refractivity contribution in [2.24, 2.45) is 11.7 Å². The highest BCUT2D eigenvalue weighted by atomic mass is 16.4. The highest BCUT2D eigenvalue weighted by molar-refractivity contribution is 5.76. The maximum Gasteiger partial charge on any atom is 0.320 e. The van der Waals surface area contributed by atoms with E-state index in [2.05, 4.69) is 0 Å². The fourth-order valence-corrected chi connectivity index (χ4v) is 2.26. The van der Waals surface area contributed by atoms with Crippen LogP contribution in [0.25, 0.3) is 11.3 Å². The SMILES string of the molecule is N[C@H](C[C@@H](Cc1cccc(-c2ccco2)c1)C(=O)O)C(=O)O. The zero-order valence-corrected chi connectivity index (χ0v) is 11.8. The molecule has 0 fully saturated rings. The molecule has 6 nitrogen and oxygen atoms in total. The molecule has 116 valence electrons. The van der Waals surface area contributed by atoms with Gasteiger partial charge in [-0.05, 0) is 36.6 Å². The summed E-state index contributed by atoms with van der Waals surface area (Å²) in [4.78, 5) is 22.1. The van der Waals surface area contributed by atoms with E-state index in [9.17, 15) is 14.7 Å². The van der Waals surface area contributed by atoms with Crippen LogP contribution < -0.4 is 5.73 Å². The van der Waals surface area contributed by atoms with Gasteiger partial charge in [0.2, 0.25) is 0 Å². The summed E-state index contributed by atoms with van der Waals surface area (Å²) < 4.78 is 5.31. The second-order valence-corrected chi connectivity index (χ2v) is 5.10. The van der Waals surface area contributed by atoms with Crippen LogP contribution in [0.15, 0.2) is 47.1 Å². The molecule has 1 heterocycles. The third-order valence-electron chi connectivity index (χ3n) is 3.42. The van der Waals surface area contributed by atoms with Gasteiger partial charge in [0, 0.05) is 5.56 Å². The number of carbonyl (C=O) groups is 2. The lowest BCUT2D eigenvalue weighted by Crippen LogP contribution is -2.35. The van der Waals surface area contributed by atoms with Gasteiger partial charge < -0.3 is 20.4 Å². The predicted octanol–water partition coefficient (Wildman–Crippen LogP) is 1.99. The Morgan fingerprint density at radius 2 is 1.91 bits per heavy atom. The summed E-state index contributed by atoms with van der Waals surface area (Å²) in [6.07, 6.45) is 1.66. The minimum Gasteiger partial charge on any atom is -0.481 e. The van der Waals surface area contributed by atoms with Crippen molar-refractivity contribution in [3.8, 4) is 11.3 Å². The number of carboxylic acids is 2. The van der Waals surface area contributed by atoms with Gasteiger partial charge in [-0.1, -0.05) is 18.2 Å². The van der Waals surface area contributed by atoms with Gasteiger partial charge in [0.1, 0.15) is 11.8 Å². The standard InChI is InChI=1S/C16H17NO5/c17-13(16(20)21)9-12(15(18)19)8-10-3-1-4-11(7-10)14-5-2-6-22-14/h1-7,12-13H,8-9,17H2,(H,18,19)(H,20,21)/t12-,13-/m1/s1. The van der Waals surface area contributed by atoms with Gasteiger partial charge >= 0.3 is 11.9 Å². The second-order valence-electron chi connectivity index (χ2n) is 5.10. The van der Waals surface area contributed by atoms with Crippen molar-refractivity contribution in [3.05, 3.63) is 48.2 Å². The van der Waals surface area contributed by atoms with Crippen LogP contribution in [0.4, 0.5) is 0 Å². The van der Waals surface area contributed by atoms with E-state index in [1.807, 2.05) is 24.3 Å². The lowest BCUT2D eigenvalue weighted by molar-refractivity contribution is -0.143. The molecule has 0 radical (unpaired) electrons. The first kappa shape index (κ1) is 15.8. The fourth-order valence-electron chi connectivity index (χ4n) is 2.26. The number of furan rings is 1. The molecular weight excluding hydrogens is 286 g/mol. The fraction of sp³-hybridized carbons (Fsp3) is 0.250. The predicted molar refractivity (Wildman–Crippen MR) is 79.2 cm³/mol. The summed E-state index contributed by atoms with van der Waals surface area (Å²) in [5.74, 6) is -2.41. The number of carboxylic acid groups (broad SMARTS) is 2. The number of hydrogen-bond acceptors (Lipinski definition) is 4. The van der Waals surface area contributed by atoms with E-state index in [1.165, 1.54) is 0 Å². The lowest BCUT2D eigenvalue weighted by atomic mass is 9.92. The van der Waals surface area contributed by atoms with Crippen molar-refractivity contribution >= 4 is 11.9 Å². The zero-order valence-electron chi connectivity index (χ0n) is 11.8. The van der Waals surface area contributed by atoms with Crippen LogP contribution in [0.5, 0.6) is 0 Å². The summed E-state index contributed by atoms with van der Waals surface area (Å²) in [5.41, 5.74) is 7.07. The van der Waals surface area contributed by atoms with Gasteiger partial charge in [-0.15, -0.1) is 0 Å². The third kappa shape index (κ3) is 3.95. The van der Waals surface area contributed by atoms with E-state index in [-0.39, 0.29) is 12.8 Å². The smallest absolute Gasteiger partial charge is 0.320 e. The summed E-state index contributed by atoms with van der Waals surface area (Å²) in [6.45, 7) is 0. The normalized spacial score (nSPS) is 13.5. The quantitative estimate of drug-likeness (QED) is 0.720. The number of rotatable bonds is 7. The van der Waals surface area contributed by atoms with E-state index >= 15 is 0 Å². The highest BCUT2D eigenvalue weighted by Gasteiger charge is 2.24. The van der Waals surface area contributed by atoms with Gasteiger partial charge in [0.25, 0.3) is 0 Å². The molecule has 0 saturated heterocycles. The molecule has 2 aromatic rings. The van der Waals surface area contributed by atoms with Crippen LogP contribution in [0.3, 0.4) is 0 Å². The minimum absolute atomic E-state index is 0.115. The Morgan fingerprint density at radius 1 is 1.14 bits per heavy atom. The molecule has 1 aromatic heterocycles. The van der Waals surface area contributed by atoms with E-state index in [0.29, 0.717) is 5.76 Å². The largest absolute Gasteiger partial charge is 0.481 e. The van der Waals surface area contributed by atoms with E-state index in [4.69, 9.17) is 15.3 Å². The third-order valence-corrected chi connectivity index (χ3v) is 3.42. The molecular formula is C16H17NO5. The molecule has 0 aliphatic heterocycles. The molecule has 22 heavy (non-hydrogen) atoms. The van der Waals surface area contributed by atoms with Crippen molar-refractivity contribution in [1.29, 1.82) is 0 Å². The van der Waals surface area contributed by atoms with Crippen LogP contribution in [0.2, 0.25) is 0 Å². The highest BCUT2D eigenvalue weighted by Crippen LogP contribution is 2.23. The van der Waals surface area contributed by atoms with Crippen molar-refractivity contribution < 1.29 is 24.2 Å². The average molecular weight is 303 g/mol. The molecule has 0 saturated carbocycles. The average Bonchev–Trinajstić information content (AvgIpc) is 3.00. The van der Waals surface area contributed by atoms with Gasteiger partial charge in [0.15, 0.2) is 0 Å². The van der Waals surface area contributed by atoms with E-state index in [1.54, 1.807) is 18.4 Å². The molecule has 6 heteroatoms. The maximum absolute atomic E-state index is 11.3. The van der Waals surface area contributed by atoms with Gasteiger partial charge in [-0.3, -0.25) is 9.59 Å². The Bertz CT molecular complexity index is 650. The zero-order chi connectivity index (χ0) is 16.1. The number of nitrogens with two attached hydrogens (primary N) is 1. The second kappa shape index (κ2) is 6.91.